The normalized spacial score (nSPS) is 13.5. The lowest BCUT2D eigenvalue weighted by Crippen LogP contribution is -2.53. The van der Waals surface area contributed by atoms with Crippen LogP contribution in [0.5, 0.6) is 11.5 Å². The zero-order chi connectivity index (χ0) is 24.2. The van der Waals surface area contributed by atoms with Crippen LogP contribution in [0.1, 0.15) is 17.5 Å². The SMILES string of the molecule is COc1cc(C)c(F)c(COc2cnc(Nc3cnn(CCC(=O)N4CC(O)C4)c3)nc2)c1F. The summed E-state index contributed by atoms with van der Waals surface area (Å²) < 4.78 is 40.7. The van der Waals surface area contributed by atoms with Gasteiger partial charge in [0.15, 0.2) is 17.3 Å². The van der Waals surface area contributed by atoms with Crippen molar-refractivity contribution in [2.45, 2.75) is 32.6 Å². The summed E-state index contributed by atoms with van der Waals surface area (Å²) in [7, 11) is 1.31. The molecule has 4 rings (SSSR count). The molecule has 0 unspecified atom stereocenters. The van der Waals surface area contributed by atoms with E-state index in [0.29, 0.717) is 25.3 Å². The van der Waals surface area contributed by atoms with Gasteiger partial charge in [0.25, 0.3) is 0 Å². The number of carbonyl (C=O) groups excluding carboxylic acids is 1. The van der Waals surface area contributed by atoms with Crippen LogP contribution in [-0.4, -0.2) is 62.0 Å². The molecule has 12 heteroatoms. The van der Waals surface area contributed by atoms with Crippen molar-refractivity contribution in [1.82, 2.24) is 24.6 Å². The van der Waals surface area contributed by atoms with Gasteiger partial charge in [0.05, 0.1) is 43.1 Å². The molecule has 1 amide bonds. The van der Waals surface area contributed by atoms with E-state index in [9.17, 15) is 18.7 Å². The Labute approximate surface area is 194 Å². The van der Waals surface area contributed by atoms with Crippen molar-refractivity contribution in [2.75, 3.05) is 25.5 Å². The summed E-state index contributed by atoms with van der Waals surface area (Å²) in [6, 6.07) is 1.29. The Bertz CT molecular complexity index is 1160. The molecule has 2 aromatic heterocycles. The van der Waals surface area contributed by atoms with Crippen LogP contribution in [0.4, 0.5) is 20.4 Å². The Kier molecular flexibility index (Phi) is 6.87. The minimum Gasteiger partial charge on any atom is -0.494 e. The zero-order valence-corrected chi connectivity index (χ0v) is 18.7. The van der Waals surface area contributed by atoms with Gasteiger partial charge in [-0.2, -0.15) is 5.10 Å². The fraction of sp³-hybridized carbons (Fsp3) is 0.364. The van der Waals surface area contributed by atoms with Gasteiger partial charge in [-0.05, 0) is 18.6 Å². The first-order valence-electron chi connectivity index (χ1n) is 10.6. The number of aromatic nitrogens is 4. The van der Waals surface area contributed by atoms with Crippen LogP contribution >= 0.6 is 0 Å². The van der Waals surface area contributed by atoms with Crippen LogP contribution in [0.25, 0.3) is 0 Å². The number of halogens is 2. The molecule has 0 spiro atoms. The summed E-state index contributed by atoms with van der Waals surface area (Å²) in [6.45, 7) is 2.32. The van der Waals surface area contributed by atoms with E-state index in [1.165, 1.54) is 32.5 Å². The van der Waals surface area contributed by atoms with Crippen LogP contribution in [0, 0.1) is 18.6 Å². The van der Waals surface area contributed by atoms with Crippen LogP contribution < -0.4 is 14.8 Å². The van der Waals surface area contributed by atoms with Crippen molar-refractivity contribution in [3.05, 3.63) is 53.6 Å². The maximum atomic E-state index is 14.4. The van der Waals surface area contributed by atoms with Crippen LogP contribution in [0.3, 0.4) is 0 Å². The predicted molar refractivity (Wildman–Crippen MR) is 117 cm³/mol. The molecule has 0 atom stereocenters. The highest BCUT2D eigenvalue weighted by molar-refractivity contribution is 5.77. The Morgan fingerprint density at radius 2 is 1.97 bits per heavy atom. The van der Waals surface area contributed by atoms with Crippen LogP contribution in [-0.2, 0) is 17.9 Å². The number of amides is 1. The molecule has 1 aliphatic rings. The number of likely N-dealkylation sites (tertiary alicyclic amines) is 1. The number of anilines is 2. The van der Waals surface area contributed by atoms with Crippen LogP contribution in [0.2, 0.25) is 0 Å². The van der Waals surface area contributed by atoms with Gasteiger partial charge in [-0.1, -0.05) is 0 Å². The molecule has 180 valence electrons. The summed E-state index contributed by atoms with van der Waals surface area (Å²) >= 11 is 0. The molecule has 0 bridgehead atoms. The molecule has 1 aromatic carbocycles. The Hall–Kier alpha value is -3.80. The first-order chi connectivity index (χ1) is 16.3. The van der Waals surface area contributed by atoms with Gasteiger partial charge >= 0.3 is 0 Å². The first kappa shape index (κ1) is 23.4. The molecule has 1 fully saturated rings. The van der Waals surface area contributed by atoms with E-state index in [4.69, 9.17) is 9.47 Å². The summed E-state index contributed by atoms with van der Waals surface area (Å²) in [4.78, 5) is 21.9. The Morgan fingerprint density at radius 3 is 2.65 bits per heavy atom. The maximum Gasteiger partial charge on any atom is 0.227 e. The third-order valence-electron chi connectivity index (χ3n) is 5.33. The van der Waals surface area contributed by atoms with E-state index in [2.05, 4.69) is 20.4 Å². The number of aliphatic hydroxyl groups excluding tert-OH is 1. The lowest BCUT2D eigenvalue weighted by atomic mass is 10.1. The number of hydrogen-bond acceptors (Lipinski definition) is 8. The number of nitrogens with zero attached hydrogens (tertiary/aromatic N) is 5. The van der Waals surface area contributed by atoms with Gasteiger partial charge in [-0.15, -0.1) is 0 Å². The van der Waals surface area contributed by atoms with Gasteiger partial charge in [-0.3, -0.25) is 9.48 Å². The number of benzene rings is 1. The summed E-state index contributed by atoms with van der Waals surface area (Å²) in [5.41, 5.74) is 0.628. The van der Waals surface area contributed by atoms with Crippen molar-refractivity contribution in [1.29, 1.82) is 0 Å². The molecule has 0 radical (unpaired) electrons. The van der Waals surface area contributed by atoms with Gasteiger partial charge in [0.1, 0.15) is 12.4 Å². The highest BCUT2D eigenvalue weighted by Gasteiger charge is 2.28. The molecule has 1 aliphatic heterocycles. The number of rotatable bonds is 9. The Morgan fingerprint density at radius 1 is 1.24 bits per heavy atom. The predicted octanol–water partition coefficient (Wildman–Crippen LogP) is 2.18. The smallest absolute Gasteiger partial charge is 0.227 e. The fourth-order valence-electron chi connectivity index (χ4n) is 3.40. The van der Waals surface area contributed by atoms with Crippen molar-refractivity contribution in [3.63, 3.8) is 0 Å². The van der Waals surface area contributed by atoms with E-state index < -0.39 is 17.7 Å². The molecular weight excluding hydrogens is 450 g/mol. The minimum absolute atomic E-state index is 0.0295. The third-order valence-corrected chi connectivity index (χ3v) is 5.33. The van der Waals surface area contributed by atoms with Crippen molar-refractivity contribution >= 4 is 17.5 Å². The molecule has 2 N–H and O–H groups in total. The quantitative estimate of drug-likeness (QED) is 0.485. The summed E-state index contributed by atoms with van der Waals surface area (Å²) in [6.07, 6.45) is 5.90. The highest BCUT2D eigenvalue weighted by atomic mass is 19.1. The van der Waals surface area contributed by atoms with Crippen molar-refractivity contribution < 1.29 is 28.2 Å². The van der Waals surface area contributed by atoms with E-state index in [1.807, 2.05) is 0 Å². The van der Waals surface area contributed by atoms with Gasteiger partial charge < -0.3 is 24.8 Å². The average Bonchev–Trinajstić information content (AvgIpc) is 3.26. The summed E-state index contributed by atoms with van der Waals surface area (Å²) in [5.74, 6) is -1.09. The molecule has 10 nitrogen and oxygen atoms in total. The van der Waals surface area contributed by atoms with E-state index >= 15 is 0 Å². The maximum absolute atomic E-state index is 14.4. The summed E-state index contributed by atoms with van der Waals surface area (Å²) in [5, 5.41) is 16.4. The van der Waals surface area contributed by atoms with Crippen molar-refractivity contribution in [2.24, 2.45) is 0 Å². The van der Waals surface area contributed by atoms with E-state index in [0.717, 1.165) is 0 Å². The average molecular weight is 474 g/mol. The van der Waals surface area contributed by atoms with Crippen molar-refractivity contribution in [3.8, 4) is 11.5 Å². The lowest BCUT2D eigenvalue weighted by molar-refractivity contribution is -0.141. The largest absolute Gasteiger partial charge is 0.494 e. The molecule has 3 heterocycles. The number of methoxy groups -OCH3 is 1. The molecule has 0 aliphatic carbocycles. The second-order valence-corrected chi connectivity index (χ2v) is 7.85. The number of aryl methyl sites for hydroxylation is 2. The van der Waals surface area contributed by atoms with E-state index in [-0.39, 0.29) is 47.5 Å². The zero-order valence-electron chi connectivity index (χ0n) is 18.7. The van der Waals surface area contributed by atoms with Gasteiger partial charge in [0.2, 0.25) is 11.9 Å². The number of aliphatic hydroxyl groups is 1. The van der Waals surface area contributed by atoms with Gasteiger partial charge in [-0.25, -0.2) is 18.7 Å². The first-order valence-corrected chi connectivity index (χ1v) is 10.6. The highest BCUT2D eigenvalue weighted by Crippen LogP contribution is 2.27. The topological polar surface area (TPSA) is 115 Å². The molecule has 0 saturated carbocycles. The number of hydrogen-bond donors (Lipinski definition) is 2. The number of ether oxygens (including phenoxy) is 2. The fourth-order valence-corrected chi connectivity index (χ4v) is 3.40. The Balaban J connectivity index is 1.30. The third kappa shape index (κ3) is 5.22. The number of nitrogens with one attached hydrogen (secondary N) is 1. The molecular formula is C22H24F2N6O4. The van der Waals surface area contributed by atoms with Crippen LogP contribution in [0.15, 0.2) is 30.9 Å². The van der Waals surface area contributed by atoms with E-state index in [1.54, 1.807) is 22.0 Å². The molecule has 3 aromatic rings. The van der Waals surface area contributed by atoms with Gasteiger partial charge in [0, 0.05) is 32.3 Å². The molecule has 1 saturated heterocycles. The second kappa shape index (κ2) is 10.00. The minimum atomic E-state index is -0.814. The molecule has 34 heavy (non-hydrogen) atoms. The number of carbonyl (C=O) groups is 1. The lowest BCUT2D eigenvalue weighted by Gasteiger charge is -2.35. The second-order valence-electron chi connectivity index (χ2n) is 7.85. The number of β-amino-alcohol motifs (C(OH)–C–C–N with tert-alkyl or cyclic N) is 1. The standard InChI is InChI=1S/C22H24F2N6O4/c1-13-5-18(33-2)21(24)17(20(13)23)12-34-16-7-25-22(26-8-16)28-14-6-27-30(9-14)4-3-19(32)29-10-15(31)11-29/h5-9,15,31H,3-4,10-12H2,1-2H3,(H,25,26,28). The monoisotopic (exact) mass is 474 g/mol.